The fourth-order valence-corrected chi connectivity index (χ4v) is 4.00. The summed E-state index contributed by atoms with van der Waals surface area (Å²) in [5.41, 5.74) is 2.41. The molecule has 1 aliphatic heterocycles. The average Bonchev–Trinajstić information content (AvgIpc) is 3.55. The van der Waals surface area contributed by atoms with Crippen LogP contribution in [0.3, 0.4) is 0 Å². The maximum atomic E-state index is 12.7. The molecule has 2 heterocycles. The lowest BCUT2D eigenvalue weighted by Gasteiger charge is -2.18. The Morgan fingerprint density at radius 2 is 1.83 bits per heavy atom. The van der Waals surface area contributed by atoms with E-state index in [0.717, 1.165) is 31.5 Å². The number of anilines is 3. The number of rotatable bonds is 6. The molecule has 0 saturated carbocycles. The van der Waals surface area contributed by atoms with Gasteiger partial charge in [0.15, 0.2) is 10.9 Å². The van der Waals surface area contributed by atoms with E-state index >= 15 is 0 Å². The second kappa shape index (κ2) is 10.3. The molecule has 3 N–H and O–H groups in total. The maximum Gasteiger partial charge on any atom is 0.293 e. The van der Waals surface area contributed by atoms with Crippen LogP contribution in [0.2, 0.25) is 0 Å². The molecule has 10 nitrogen and oxygen atoms in total. The van der Waals surface area contributed by atoms with Gasteiger partial charge in [0.25, 0.3) is 17.5 Å². The van der Waals surface area contributed by atoms with Crippen LogP contribution in [0, 0.1) is 17.0 Å². The molecule has 0 bridgehead atoms. The molecule has 0 radical (unpaired) electrons. The second-order valence-electron chi connectivity index (χ2n) is 8.02. The smallest absolute Gasteiger partial charge is 0.293 e. The van der Waals surface area contributed by atoms with Crippen molar-refractivity contribution in [3.8, 4) is 0 Å². The van der Waals surface area contributed by atoms with E-state index < -0.39 is 16.7 Å². The first-order chi connectivity index (χ1) is 16.8. The Morgan fingerprint density at radius 3 is 2.51 bits per heavy atom. The number of nitrogens with one attached hydrogen (secondary N) is 3. The first-order valence-electron chi connectivity index (χ1n) is 10.9. The number of nitro benzene ring substituents is 1. The average molecular weight is 494 g/mol. The maximum absolute atomic E-state index is 12.7. The summed E-state index contributed by atoms with van der Waals surface area (Å²) in [6.07, 6.45) is 3.37. The van der Waals surface area contributed by atoms with E-state index in [0.29, 0.717) is 17.1 Å². The predicted molar refractivity (Wildman–Crippen MR) is 136 cm³/mol. The first-order valence-corrected chi connectivity index (χ1v) is 11.3. The van der Waals surface area contributed by atoms with Crippen molar-refractivity contribution in [2.45, 2.75) is 19.8 Å². The second-order valence-corrected chi connectivity index (χ2v) is 8.43. The van der Waals surface area contributed by atoms with Gasteiger partial charge in [-0.15, -0.1) is 0 Å². The summed E-state index contributed by atoms with van der Waals surface area (Å²) < 4.78 is 5.09. The zero-order valence-corrected chi connectivity index (χ0v) is 19.7. The standard InChI is InChI=1S/C24H23N5O5S/c1-15-6-8-17(25-23(31)21-5-4-12-34-21)14-18(15)26-24(35)27-22(30)16-7-9-19(20(13-16)29(32)33)28-10-2-3-11-28/h4-9,12-14H,2-3,10-11H2,1H3,(H,25,31)(H2,26,27,30,35). The molecular formula is C24H23N5O5S. The summed E-state index contributed by atoms with van der Waals surface area (Å²) in [6, 6.07) is 12.8. The van der Waals surface area contributed by atoms with Gasteiger partial charge in [0, 0.05) is 36.1 Å². The number of hydrogen-bond acceptors (Lipinski definition) is 7. The predicted octanol–water partition coefficient (Wildman–Crippen LogP) is 4.48. The third kappa shape index (κ3) is 5.64. The van der Waals surface area contributed by atoms with Gasteiger partial charge < -0.3 is 20.0 Å². The van der Waals surface area contributed by atoms with E-state index in [2.05, 4.69) is 16.0 Å². The number of benzene rings is 2. The van der Waals surface area contributed by atoms with Gasteiger partial charge in [0.05, 0.1) is 11.2 Å². The molecule has 35 heavy (non-hydrogen) atoms. The molecule has 0 aliphatic carbocycles. The van der Waals surface area contributed by atoms with Crippen molar-refractivity contribution in [1.29, 1.82) is 0 Å². The van der Waals surface area contributed by atoms with Gasteiger partial charge in [0.2, 0.25) is 0 Å². The van der Waals surface area contributed by atoms with Crippen LogP contribution in [0.1, 0.15) is 39.3 Å². The van der Waals surface area contributed by atoms with Crippen LogP contribution in [0.4, 0.5) is 22.7 Å². The molecule has 0 spiro atoms. The Morgan fingerprint density at radius 1 is 1.06 bits per heavy atom. The van der Waals surface area contributed by atoms with Crippen LogP contribution in [-0.4, -0.2) is 34.9 Å². The molecular weight excluding hydrogens is 470 g/mol. The first kappa shape index (κ1) is 23.9. The van der Waals surface area contributed by atoms with Gasteiger partial charge in [0.1, 0.15) is 5.69 Å². The zero-order valence-electron chi connectivity index (χ0n) is 18.9. The number of amides is 2. The van der Waals surface area contributed by atoms with Gasteiger partial charge >= 0.3 is 0 Å². The molecule has 1 fully saturated rings. The highest BCUT2D eigenvalue weighted by Gasteiger charge is 2.24. The van der Waals surface area contributed by atoms with E-state index in [1.807, 2.05) is 11.8 Å². The van der Waals surface area contributed by atoms with Crippen LogP contribution < -0.4 is 20.9 Å². The Labute approximate surface area is 206 Å². The van der Waals surface area contributed by atoms with Crippen LogP contribution in [-0.2, 0) is 0 Å². The van der Waals surface area contributed by atoms with Crippen molar-refractivity contribution in [2.24, 2.45) is 0 Å². The van der Waals surface area contributed by atoms with E-state index in [1.54, 1.807) is 42.5 Å². The minimum atomic E-state index is -0.571. The van der Waals surface area contributed by atoms with Crippen molar-refractivity contribution in [1.82, 2.24) is 5.32 Å². The lowest BCUT2D eigenvalue weighted by atomic mass is 10.1. The third-order valence-corrected chi connectivity index (χ3v) is 5.80. The minimum Gasteiger partial charge on any atom is -0.459 e. The molecule has 1 aliphatic rings. The van der Waals surface area contributed by atoms with Gasteiger partial charge in [-0.05, 0) is 73.9 Å². The number of carbonyl (C=O) groups is 2. The van der Waals surface area contributed by atoms with E-state index in [-0.39, 0.29) is 22.1 Å². The molecule has 4 rings (SSSR count). The molecule has 2 amide bonds. The Bertz CT molecular complexity index is 1290. The number of furan rings is 1. The number of nitrogens with zero attached hydrogens (tertiary/aromatic N) is 2. The van der Waals surface area contributed by atoms with Gasteiger partial charge in [-0.1, -0.05) is 6.07 Å². The number of hydrogen-bond donors (Lipinski definition) is 3. The number of aryl methyl sites for hydroxylation is 1. The highest BCUT2D eigenvalue weighted by Crippen LogP contribution is 2.31. The fraction of sp³-hybridized carbons (Fsp3) is 0.208. The summed E-state index contributed by atoms with van der Waals surface area (Å²) in [4.78, 5) is 38.0. The Balaban J connectivity index is 1.43. The monoisotopic (exact) mass is 493 g/mol. The number of carbonyl (C=O) groups excluding carboxylic acids is 2. The summed E-state index contributed by atoms with van der Waals surface area (Å²) >= 11 is 5.28. The van der Waals surface area contributed by atoms with Crippen LogP contribution in [0.25, 0.3) is 0 Å². The molecule has 1 saturated heterocycles. The van der Waals surface area contributed by atoms with Gasteiger partial charge in [-0.3, -0.25) is 25.0 Å². The SMILES string of the molecule is Cc1ccc(NC(=O)c2ccco2)cc1NC(=S)NC(=O)c1ccc(N2CCCC2)c([N+](=O)[O-])c1. The molecule has 3 aromatic rings. The van der Waals surface area contributed by atoms with E-state index in [1.165, 1.54) is 12.3 Å². The number of nitro groups is 1. The molecule has 0 atom stereocenters. The molecule has 2 aromatic carbocycles. The quantitative estimate of drug-likeness (QED) is 0.260. The molecule has 0 unspecified atom stereocenters. The van der Waals surface area contributed by atoms with E-state index in [4.69, 9.17) is 16.6 Å². The lowest BCUT2D eigenvalue weighted by molar-refractivity contribution is -0.384. The van der Waals surface area contributed by atoms with Gasteiger partial charge in [-0.2, -0.15) is 0 Å². The Hall–Kier alpha value is -4.25. The number of thiocarbonyl (C=S) groups is 1. The Kier molecular flexibility index (Phi) is 7.06. The van der Waals surface area contributed by atoms with Crippen LogP contribution in [0.5, 0.6) is 0 Å². The van der Waals surface area contributed by atoms with Gasteiger partial charge in [-0.25, -0.2) is 0 Å². The topological polar surface area (TPSA) is 130 Å². The lowest BCUT2D eigenvalue weighted by Crippen LogP contribution is -2.34. The third-order valence-electron chi connectivity index (χ3n) is 5.60. The molecule has 1 aromatic heterocycles. The minimum absolute atomic E-state index is 0.0129. The van der Waals surface area contributed by atoms with Crippen molar-refractivity contribution in [3.63, 3.8) is 0 Å². The largest absolute Gasteiger partial charge is 0.459 e. The summed E-state index contributed by atoms with van der Waals surface area (Å²) in [5, 5.41) is 19.8. The van der Waals surface area contributed by atoms with Crippen molar-refractivity contribution >= 4 is 51.9 Å². The van der Waals surface area contributed by atoms with Crippen molar-refractivity contribution in [3.05, 3.63) is 81.8 Å². The van der Waals surface area contributed by atoms with Crippen molar-refractivity contribution < 1.29 is 18.9 Å². The normalized spacial score (nSPS) is 12.8. The summed E-state index contributed by atoms with van der Waals surface area (Å²) in [6.45, 7) is 3.34. The van der Waals surface area contributed by atoms with Crippen molar-refractivity contribution in [2.75, 3.05) is 28.6 Å². The highest BCUT2D eigenvalue weighted by molar-refractivity contribution is 7.80. The fourth-order valence-electron chi connectivity index (χ4n) is 3.80. The van der Waals surface area contributed by atoms with Crippen LogP contribution >= 0.6 is 12.2 Å². The van der Waals surface area contributed by atoms with Crippen LogP contribution in [0.15, 0.2) is 59.2 Å². The highest BCUT2D eigenvalue weighted by atomic mass is 32.1. The van der Waals surface area contributed by atoms with E-state index in [9.17, 15) is 19.7 Å². The molecule has 11 heteroatoms. The summed E-state index contributed by atoms with van der Waals surface area (Å²) in [7, 11) is 0. The summed E-state index contributed by atoms with van der Waals surface area (Å²) in [5.74, 6) is -0.800. The molecule has 180 valence electrons. The zero-order chi connectivity index (χ0) is 24.9.